The Morgan fingerprint density at radius 2 is 1.31 bits per heavy atom. The third kappa shape index (κ3) is 9.92. The predicted octanol–water partition coefficient (Wildman–Crippen LogP) is 10.3. The normalized spacial score (nSPS) is 33.9. The molecule has 204 valence electrons. The molecule has 0 heterocycles. The molecule has 3 aliphatic rings. The molecule has 3 rings (SSSR count). The maximum atomic E-state index is 12.7. The molecule has 3 nitrogen and oxygen atoms in total. The second kappa shape index (κ2) is 15.5. The number of rotatable bonds is 13. The van der Waals surface area contributed by atoms with Crippen molar-refractivity contribution in [1.82, 2.24) is 0 Å². The van der Waals surface area contributed by atoms with Crippen LogP contribution in [0.4, 0.5) is 4.79 Å². The van der Waals surface area contributed by atoms with Crippen molar-refractivity contribution in [3.8, 4) is 0 Å². The van der Waals surface area contributed by atoms with E-state index in [2.05, 4.69) is 20.8 Å². The smallest absolute Gasteiger partial charge is 0.434 e. The lowest BCUT2D eigenvalue weighted by Gasteiger charge is -2.43. The number of hydrogen-bond donors (Lipinski definition) is 0. The van der Waals surface area contributed by atoms with Gasteiger partial charge in [-0.25, -0.2) is 4.79 Å². The van der Waals surface area contributed by atoms with Gasteiger partial charge < -0.3 is 9.47 Å². The minimum Gasteiger partial charge on any atom is -0.434 e. The van der Waals surface area contributed by atoms with Gasteiger partial charge in [-0.2, -0.15) is 0 Å². The highest BCUT2D eigenvalue weighted by molar-refractivity contribution is 5.60. The van der Waals surface area contributed by atoms with Gasteiger partial charge in [-0.1, -0.05) is 97.8 Å². The molecule has 3 fully saturated rings. The summed E-state index contributed by atoms with van der Waals surface area (Å²) in [5, 5.41) is 0. The Morgan fingerprint density at radius 1 is 0.714 bits per heavy atom. The molecule has 35 heavy (non-hydrogen) atoms. The van der Waals surface area contributed by atoms with Crippen LogP contribution in [-0.4, -0.2) is 18.4 Å². The number of ether oxygens (including phenoxy) is 2. The fraction of sp³-hybridized carbons (Fsp3) is 0.969. The fourth-order valence-electron chi connectivity index (χ4n) is 7.55. The average molecular weight is 491 g/mol. The van der Waals surface area contributed by atoms with E-state index in [0.29, 0.717) is 6.61 Å². The Labute approximate surface area is 217 Å². The third-order valence-corrected chi connectivity index (χ3v) is 10.1. The summed E-state index contributed by atoms with van der Waals surface area (Å²) >= 11 is 0. The Hall–Kier alpha value is -0.730. The van der Waals surface area contributed by atoms with Crippen molar-refractivity contribution < 1.29 is 14.3 Å². The summed E-state index contributed by atoms with van der Waals surface area (Å²) < 4.78 is 11.8. The van der Waals surface area contributed by atoms with E-state index in [1.807, 2.05) is 0 Å². The molecule has 0 amide bonds. The van der Waals surface area contributed by atoms with Gasteiger partial charge in [0.15, 0.2) is 0 Å². The van der Waals surface area contributed by atoms with Crippen LogP contribution in [0.15, 0.2) is 0 Å². The molecule has 0 atom stereocenters. The van der Waals surface area contributed by atoms with Gasteiger partial charge in [-0.05, 0) is 87.4 Å². The Kier molecular flexibility index (Phi) is 12.8. The van der Waals surface area contributed by atoms with E-state index in [9.17, 15) is 4.79 Å². The molecule has 0 radical (unpaired) electrons. The van der Waals surface area contributed by atoms with E-state index in [1.54, 1.807) is 0 Å². The summed E-state index contributed by atoms with van der Waals surface area (Å²) in [5.41, 5.74) is -0.266. The largest absolute Gasteiger partial charge is 0.508 e. The molecular formula is C32H58O3. The lowest BCUT2D eigenvalue weighted by atomic mass is 9.67. The minimum atomic E-state index is -0.392. The van der Waals surface area contributed by atoms with Crippen molar-refractivity contribution in [2.75, 3.05) is 6.61 Å². The van der Waals surface area contributed by atoms with Crippen LogP contribution >= 0.6 is 0 Å². The molecule has 0 aliphatic heterocycles. The van der Waals surface area contributed by atoms with Gasteiger partial charge in [0.2, 0.25) is 0 Å². The van der Waals surface area contributed by atoms with Gasteiger partial charge in [-0.15, -0.1) is 0 Å². The first-order valence-electron chi connectivity index (χ1n) is 15.9. The van der Waals surface area contributed by atoms with Gasteiger partial charge in [0.25, 0.3) is 0 Å². The fourth-order valence-corrected chi connectivity index (χ4v) is 7.55. The van der Waals surface area contributed by atoms with Crippen molar-refractivity contribution >= 4 is 6.16 Å². The monoisotopic (exact) mass is 490 g/mol. The van der Waals surface area contributed by atoms with E-state index in [0.717, 1.165) is 61.7 Å². The highest BCUT2D eigenvalue weighted by atomic mass is 16.7. The SMILES string of the molecule is CCCCCCCOC(=O)OC1(CC[C@H]2CC[C@H](CCC)CC2)CCC(C2CCC(C)CC2)CC1. The van der Waals surface area contributed by atoms with Gasteiger partial charge in [0.05, 0.1) is 6.61 Å². The van der Waals surface area contributed by atoms with Gasteiger partial charge in [0.1, 0.15) is 5.60 Å². The quantitative estimate of drug-likeness (QED) is 0.190. The first-order valence-corrected chi connectivity index (χ1v) is 15.9. The zero-order valence-electron chi connectivity index (χ0n) is 23.7. The zero-order chi connectivity index (χ0) is 24.9. The molecule has 0 saturated heterocycles. The van der Waals surface area contributed by atoms with Crippen LogP contribution in [0, 0.1) is 29.6 Å². The van der Waals surface area contributed by atoms with Crippen molar-refractivity contribution in [3.05, 3.63) is 0 Å². The summed E-state index contributed by atoms with van der Waals surface area (Å²) in [6.07, 6.45) is 26.3. The summed E-state index contributed by atoms with van der Waals surface area (Å²) in [4.78, 5) is 12.7. The molecule has 0 aromatic rings. The second-order valence-corrected chi connectivity index (χ2v) is 12.9. The predicted molar refractivity (Wildman–Crippen MR) is 147 cm³/mol. The lowest BCUT2D eigenvalue weighted by molar-refractivity contribution is -0.0751. The summed E-state index contributed by atoms with van der Waals surface area (Å²) in [6.45, 7) is 7.49. The second-order valence-electron chi connectivity index (χ2n) is 12.9. The van der Waals surface area contributed by atoms with Crippen LogP contribution in [0.25, 0.3) is 0 Å². The van der Waals surface area contributed by atoms with E-state index in [-0.39, 0.29) is 5.60 Å². The maximum Gasteiger partial charge on any atom is 0.508 e. The number of unbranched alkanes of at least 4 members (excludes halogenated alkanes) is 4. The number of carbonyl (C=O) groups excluding carboxylic acids is 1. The molecule has 3 aliphatic carbocycles. The van der Waals surface area contributed by atoms with Crippen LogP contribution < -0.4 is 0 Å². The van der Waals surface area contributed by atoms with Gasteiger partial charge in [-0.3, -0.25) is 0 Å². The van der Waals surface area contributed by atoms with Crippen molar-refractivity contribution in [2.45, 2.75) is 161 Å². The molecule has 3 saturated carbocycles. The van der Waals surface area contributed by atoms with Crippen LogP contribution in [0.1, 0.15) is 156 Å². The van der Waals surface area contributed by atoms with Crippen LogP contribution in [0.3, 0.4) is 0 Å². The van der Waals surface area contributed by atoms with E-state index in [1.165, 1.54) is 103 Å². The van der Waals surface area contributed by atoms with Gasteiger partial charge >= 0.3 is 6.16 Å². The average Bonchev–Trinajstić information content (AvgIpc) is 2.87. The standard InChI is InChI=1S/C32H58O3/c1-4-6-7-8-9-25-34-31(33)35-32(22-19-28-15-13-27(10-5-2)14-16-28)23-20-30(21-24-32)29-17-11-26(3)12-18-29/h26-30H,4-25H2,1-3H3/t26?,27-,28-,29?,30?,32?. The molecule has 3 heteroatoms. The molecule has 0 N–H and O–H groups in total. The highest BCUT2D eigenvalue weighted by Crippen LogP contribution is 2.46. The van der Waals surface area contributed by atoms with Crippen LogP contribution in [-0.2, 0) is 9.47 Å². The lowest BCUT2D eigenvalue weighted by Crippen LogP contribution is -2.41. The summed E-state index contributed by atoms with van der Waals surface area (Å²) in [5.74, 6) is 4.46. The van der Waals surface area contributed by atoms with Crippen LogP contribution in [0.2, 0.25) is 0 Å². The molecule has 0 bridgehead atoms. The third-order valence-electron chi connectivity index (χ3n) is 10.1. The minimum absolute atomic E-state index is 0.266. The topological polar surface area (TPSA) is 35.5 Å². The zero-order valence-corrected chi connectivity index (χ0v) is 23.7. The highest BCUT2D eigenvalue weighted by Gasteiger charge is 2.41. The Balaban J connectivity index is 1.48. The molecule has 0 aromatic heterocycles. The molecule has 0 spiro atoms. The van der Waals surface area contributed by atoms with Crippen LogP contribution in [0.5, 0.6) is 0 Å². The van der Waals surface area contributed by atoms with Gasteiger partial charge in [0, 0.05) is 0 Å². The van der Waals surface area contributed by atoms with Crippen molar-refractivity contribution in [2.24, 2.45) is 29.6 Å². The number of carbonyl (C=O) groups is 1. The van der Waals surface area contributed by atoms with E-state index < -0.39 is 6.16 Å². The number of hydrogen-bond acceptors (Lipinski definition) is 3. The van der Waals surface area contributed by atoms with E-state index >= 15 is 0 Å². The maximum absolute atomic E-state index is 12.7. The molecule has 0 unspecified atom stereocenters. The first-order chi connectivity index (χ1) is 17.0. The first kappa shape index (κ1) is 28.8. The molecule has 0 aromatic carbocycles. The van der Waals surface area contributed by atoms with Crippen molar-refractivity contribution in [1.29, 1.82) is 0 Å². The Morgan fingerprint density at radius 3 is 1.94 bits per heavy atom. The summed E-state index contributed by atoms with van der Waals surface area (Å²) in [7, 11) is 0. The Bertz CT molecular complexity index is 563. The van der Waals surface area contributed by atoms with E-state index in [4.69, 9.17) is 9.47 Å². The molecular weight excluding hydrogens is 432 g/mol. The van der Waals surface area contributed by atoms with Crippen molar-refractivity contribution in [3.63, 3.8) is 0 Å². The summed E-state index contributed by atoms with van der Waals surface area (Å²) in [6, 6.07) is 0.